The van der Waals surface area contributed by atoms with E-state index in [9.17, 15) is 4.79 Å². The molecular weight excluding hydrogens is 230 g/mol. The molecule has 2 heterocycles. The Morgan fingerprint density at radius 3 is 3.11 bits per heavy atom. The quantitative estimate of drug-likeness (QED) is 0.846. The van der Waals surface area contributed by atoms with Crippen LogP contribution in [-0.4, -0.2) is 22.2 Å². The minimum atomic E-state index is 0.0320. The number of amides is 1. The van der Waals surface area contributed by atoms with Crippen LogP contribution in [0.25, 0.3) is 0 Å². The second-order valence-corrected chi connectivity index (χ2v) is 4.22. The van der Waals surface area contributed by atoms with Crippen molar-refractivity contribution in [1.82, 2.24) is 15.1 Å². The fraction of sp³-hybridized carbons (Fsp3) is 0.385. The highest BCUT2D eigenvalue weighted by Crippen LogP contribution is 2.08. The molecule has 0 aromatic carbocycles. The lowest BCUT2D eigenvalue weighted by Crippen LogP contribution is -2.27. The van der Waals surface area contributed by atoms with E-state index in [1.165, 1.54) is 0 Å². The average Bonchev–Trinajstić information content (AvgIpc) is 3.02. The summed E-state index contributed by atoms with van der Waals surface area (Å²) in [6.07, 6.45) is 6.36. The lowest BCUT2D eigenvalue weighted by molar-refractivity contribution is -0.121. The maximum atomic E-state index is 11.7. The number of hydrogen-bond acceptors (Lipinski definition) is 3. The van der Waals surface area contributed by atoms with Gasteiger partial charge in [0.1, 0.15) is 5.76 Å². The van der Waals surface area contributed by atoms with Crippen LogP contribution in [0.3, 0.4) is 0 Å². The first-order chi connectivity index (χ1) is 8.75. The first-order valence-corrected chi connectivity index (χ1v) is 6.04. The molecule has 1 atom stereocenters. The summed E-state index contributed by atoms with van der Waals surface area (Å²) >= 11 is 0. The Hall–Kier alpha value is -2.04. The van der Waals surface area contributed by atoms with Gasteiger partial charge in [-0.05, 0) is 25.1 Å². The summed E-state index contributed by atoms with van der Waals surface area (Å²) in [6.45, 7) is 2.57. The van der Waals surface area contributed by atoms with Crippen molar-refractivity contribution in [1.29, 1.82) is 0 Å². The Morgan fingerprint density at radius 2 is 2.44 bits per heavy atom. The predicted molar refractivity (Wildman–Crippen MR) is 67.0 cm³/mol. The predicted octanol–water partition coefficient (Wildman–Crippen LogP) is 1.79. The van der Waals surface area contributed by atoms with Gasteiger partial charge in [-0.15, -0.1) is 0 Å². The summed E-state index contributed by atoms with van der Waals surface area (Å²) in [5.41, 5.74) is 0. The molecule has 0 saturated heterocycles. The SMILES string of the molecule is C[C@@H](CC(=O)NCCc1ccco1)n1cccn1. The maximum absolute atomic E-state index is 11.7. The van der Waals surface area contributed by atoms with E-state index in [0.29, 0.717) is 13.0 Å². The highest BCUT2D eigenvalue weighted by molar-refractivity contribution is 5.76. The van der Waals surface area contributed by atoms with Gasteiger partial charge in [-0.1, -0.05) is 0 Å². The average molecular weight is 247 g/mol. The van der Waals surface area contributed by atoms with Crippen molar-refractivity contribution in [2.45, 2.75) is 25.8 Å². The molecule has 1 amide bonds. The number of aromatic nitrogens is 2. The molecule has 0 spiro atoms. The lowest BCUT2D eigenvalue weighted by Gasteiger charge is -2.11. The third kappa shape index (κ3) is 3.48. The Balaban J connectivity index is 1.69. The summed E-state index contributed by atoms with van der Waals surface area (Å²) in [7, 11) is 0. The molecule has 2 aromatic rings. The number of rotatable bonds is 6. The Bertz CT molecular complexity index is 462. The fourth-order valence-electron chi connectivity index (χ4n) is 1.76. The standard InChI is InChI=1S/C13H17N3O2/c1-11(16-8-3-6-15-16)10-13(17)14-7-5-12-4-2-9-18-12/h2-4,6,8-9,11H,5,7,10H2,1H3,(H,14,17)/t11-/m0/s1. The molecule has 96 valence electrons. The van der Waals surface area contributed by atoms with E-state index in [-0.39, 0.29) is 11.9 Å². The van der Waals surface area contributed by atoms with Crippen LogP contribution in [0.4, 0.5) is 0 Å². The van der Waals surface area contributed by atoms with Crippen LogP contribution >= 0.6 is 0 Å². The minimum absolute atomic E-state index is 0.0320. The van der Waals surface area contributed by atoms with Crippen molar-refractivity contribution in [3.63, 3.8) is 0 Å². The Kier molecular flexibility index (Phi) is 4.17. The molecule has 0 saturated carbocycles. The summed E-state index contributed by atoms with van der Waals surface area (Å²) < 4.78 is 6.97. The van der Waals surface area contributed by atoms with Crippen molar-refractivity contribution in [2.24, 2.45) is 0 Å². The van der Waals surface area contributed by atoms with Crippen LogP contribution in [0.15, 0.2) is 41.3 Å². The maximum Gasteiger partial charge on any atom is 0.222 e. The topological polar surface area (TPSA) is 60.1 Å². The van der Waals surface area contributed by atoms with Crippen molar-refractivity contribution >= 4 is 5.91 Å². The Morgan fingerprint density at radius 1 is 1.56 bits per heavy atom. The summed E-state index contributed by atoms with van der Waals surface area (Å²) in [5.74, 6) is 0.917. The normalized spacial score (nSPS) is 12.3. The van der Waals surface area contributed by atoms with Gasteiger partial charge in [0, 0.05) is 31.8 Å². The number of hydrogen-bond donors (Lipinski definition) is 1. The highest BCUT2D eigenvalue weighted by Gasteiger charge is 2.10. The molecule has 5 nitrogen and oxygen atoms in total. The summed E-state index contributed by atoms with van der Waals surface area (Å²) in [4.78, 5) is 11.7. The Labute approximate surface area is 106 Å². The van der Waals surface area contributed by atoms with Crippen LogP contribution in [0.1, 0.15) is 25.1 Å². The molecule has 0 unspecified atom stereocenters. The molecular formula is C13H17N3O2. The molecule has 2 rings (SSSR count). The molecule has 5 heteroatoms. The monoisotopic (exact) mass is 247 g/mol. The number of carbonyl (C=O) groups is 1. The van der Waals surface area contributed by atoms with E-state index < -0.39 is 0 Å². The van der Waals surface area contributed by atoms with E-state index in [4.69, 9.17) is 4.42 Å². The molecule has 0 aliphatic heterocycles. The zero-order chi connectivity index (χ0) is 12.8. The van der Waals surface area contributed by atoms with E-state index >= 15 is 0 Å². The van der Waals surface area contributed by atoms with Crippen molar-refractivity contribution in [2.75, 3.05) is 6.54 Å². The molecule has 2 aromatic heterocycles. The van der Waals surface area contributed by atoms with Crippen LogP contribution < -0.4 is 5.32 Å². The third-order valence-corrected chi connectivity index (χ3v) is 2.73. The van der Waals surface area contributed by atoms with Crippen molar-refractivity contribution < 1.29 is 9.21 Å². The van der Waals surface area contributed by atoms with Crippen LogP contribution in [-0.2, 0) is 11.2 Å². The highest BCUT2D eigenvalue weighted by atomic mass is 16.3. The van der Waals surface area contributed by atoms with Gasteiger partial charge in [-0.25, -0.2) is 0 Å². The van der Waals surface area contributed by atoms with Gasteiger partial charge in [-0.3, -0.25) is 9.48 Å². The van der Waals surface area contributed by atoms with Gasteiger partial charge in [0.2, 0.25) is 5.91 Å². The van der Waals surface area contributed by atoms with Gasteiger partial charge in [0.25, 0.3) is 0 Å². The summed E-state index contributed by atoms with van der Waals surface area (Å²) in [6, 6.07) is 5.67. The van der Waals surface area contributed by atoms with E-state index in [0.717, 1.165) is 12.2 Å². The van der Waals surface area contributed by atoms with Crippen LogP contribution in [0, 0.1) is 0 Å². The van der Waals surface area contributed by atoms with Gasteiger partial charge in [-0.2, -0.15) is 5.10 Å². The fourth-order valence-corrected chi connectivity index (χ4v) is 1.76. The molecule has 0 bridgehead atoms. The zero-order valence-electron chi connectivity index (χ0n) is 10.4. The van der Waals surface area contributed by atoms with E-state index in [1.54, 1.807) is 17.1 Å². The number of carbonyl (C=O) groups excluding carboxylic acids is 1. The first kappa shape index (κ1) is 12.4. The minimum Gasteiger partial charge on any atom is -0.469 e. The molecule has 0 radical (unpaired) electrons. The summed E-state index contributed by atoms with van der Waals surface area (Å²) in [5, 5.41) is 6.99. The van der Waals surface area contributed by atoms with E-state index in [1.807, 2.05) is 31.3 Å². The zero-order valence-corrected chi connectivity index (χ0v) is 10.4. The van der Waals surface area contributed by atoms with E-state index in [2.05, 4.69) is 10.4 Å². The molecule has 0 aliphatic carbocycles. The van der Waals surface area contributed by atoms with Crippen molar-refractivity contribution in [3.8, 4) is 0 Å². The number of nitrogens with zero attached hydrogens (tertiary/aromatic N) is 2. The van der Waals surface area contributed by atoms with Gasteiger partial charge in [0.15, 0.2) is 0 Å². The second kappa shape index (κ2) is 6.05. The van der Waals surface area contributed by atoms with Crippen LogP contribution in [0.5, 0.6) is 0 Å². The lowest BCUT2D eigenvalue weighted by atomic mass is 10.2. The van der Waals surface area contributed by atoms with Gasteiger partial charge in [0.05, 0.1) is 12.3 Å². The molecule has 0 aliphatic rings. The first-order valence-electron chi connectivity index (χ1n) is 6.04. The van der Waals surface area contributed by atoms with Crippen LogP contribution in [0.2, 0.25) is 0 Å². The largest absolute Gasteiger partial charge is 0.469 e. The molecule has 0 fully saturated rings. The van der Waals surface area contributed by atoms with Crippen molar-refractivity contribution in [3.05, 3.63) is 42.6 Å². The number of furan rings is 1. The second-order valence-electron chi connectivity index (χ2n) is 4.22. The molecule has 18 heavy (non-hydrogen) atoms. The smallest absolute Gasteiger partial charge is 0.222 e. The third-order valence-electron chi connectivity index (χ3n) is 2.73. The molecule has 1 N–H and O–H groups in total. The van der Waals surface area contributed by atoms with Gasteiger partial charge < -0.3 is 9.73 Å². The van der Waals surface area contributed by atoms with Gasteiger partial charge >= 0.3 is 0 Å². The number of nitrogens with one attached hydrogen (secondary N) is 1.